The van der Waals surface area contributed by atoms with Crippen LogP contribution in [-0.4, -0.2) is 11.1 Å². The minimum absolute atomic E-state index is 0.412. The third-order valence-corrected chi connectivity index (χ3v) is 3.13. The van der Waals surface area contributed by atoms with Crippen LogP contribution < -0.4 is 0 Å². The van der Waals surface area contributed by atoms with Crippen LogP contribution in [0.25, 0.3) is 0 Å². The molecule has 2 rings (SSSR count). The summed E-state index contributed by atoms with van der Waals surface area (Å²) in [5, 5.41) is 10.5. The van der Waals surface area contributed by atoms with E-state index < -0.39 is 18.2 Å². The van der Waals surface area contributed by atoms with Gasteiger partial charge in [-0.1, -0.05) is 60.2 Å². The van der Waals surface area contributed by atoms with E-state index in [1.807, 2.05) is 61.5 Å². The smallest absolute Gasteiger partial charge is 0.303 e. The number of aliphatic hydroxyl groups is 1. The largest absolute Gasteiger partial charge is 0.455 e. The lowest BCUT2D eigenvalue weighted by Gasteiger charge is -2.23. The molecule has 0 spiro atoms. The Hall–Kier alpha value is -2.13. The lowest BCUT2D eigenvalue weighted by molar-refractivity contribution is -0.153. The zero-order valence-electron chi connectivity index (χ0n) is 11.6. The molecule has 0 aromatic heterocycles. The Labute approximate surface area is 118 Å². The van der Waals surface area contributed by atoms with E-state index in [9.17, 15) is 9.90 Å². The van der Waals surface area contributed by atoms with E-state index in [1.54, 1.807) is 0 Å². The number of benzene rings is 2. The lowest BCUT2D eigenvalue weighted by Crippen LogP contribution is -2.17. The second-order valence-corrected chi connectivity index (χ2v) is 4.80. The Morgan fingerprint density at radius 3 is 2.15 bits per heavy atom. The molecule has 0 amide bonds. The van der Waals surface area contributed by atoms with Gasteiger partial charge in [-0.05, 0) is 18.1 Å². The normalized spacial score (nSPS) is 13.6. The van der Waals surface area contributed by atoms with Crippen molar-refractivity contribution in [1.29, 1.82) is 0 Å². The van der Waals surface area contributed by atoms with E-state index in [1.165, 1.54) is 6.92 Å². The summed E-state index contributed by atoms with van der Waals surface area (Å²) in [5.41, 5.74) is 2.62. The topological polar surface area (TPSA) is 46.5 Å². The van der Waals surface area contributed by atoms with Crippen LogP contribution in [0, 0.1) is 6.92 Å². The first-order chi connectivity index (χ1) is 9.58. The second kappa shape index (κ2) is 6.35. The Kier molecular flexibility index (Phi) is 4.53. The molecule has 0 aliphatic carbocycles. The van der Waals surface area contributed by atoms with E-state index in [2.05, 4.69) is 0 Å². The van der Waals surface area contributed by atoms with Crippen molar-refractivity contribution in [2.75, 3.05) is 0 Å². The van der Waals surface area contributed by atoms with Crippen molar-refractivity contribution in [3.05, 3.63) is 71.3 Å². The van der Waals surface area contributed by atoms with Crippen LogP contribution in [0.3, 0.4) is 0 Å². The number of carbonyl (C=O) groups excluding carboxylic acids is 1. The van der Waals surface area contributed by atoms with E-state index in [-0.39, 0.29) is 0 Å². The molecule has 0 saturated heterocycles. The molecule has 104 valence electrons. The van der Waals surface area contributed by atoms with Crippen molar-refractivity contribution in [2.45, 2.75) is 26.1 Å². The van der Waals surface area contributed by atoms with Crippen LogP contribution in [0.2, 0.25) is 0 Å². The third kappa shape index (κ3) is 3.45. The van der Waals surface area contributed by atoms with Crippen molar-refractivity contribution in [1.82, 2.24) is 0 Å². The fourth-order valence-electron chi connectivity index (χ4n) is 2.07. The van der Waals surface area contributed by atoms with E-state index in [0.717, 1.165) is 16.7 Å². The van der Waals surface area contributed by atoms with E-state index in [0.29, 0.717) is 0 Å². The van der Waals surface area contributed by atoms with Crippen LogP contribution in [0.4, 0.5) is 0 Å². The molecule has 3 nitrogen and oxygen atoms in total. The molecule has 0 heterocycles. The zero-order valence-corrected chi connectivity index (χ0v) is 11.6. The van der Waals surface area contributed by atoms with Gasteiger partial charge in [-0.2, -0.15) is 0 Å². The molecule has 20 heavy (non-hydrogen) atoms. The van der Waals surface area contributed by atoms with E-state index in [4.69, 9.17) is 4.74 Å². The van der Waals surface area contributed by atoms with Gasteiger partial charge in [0, 0.05) is 6.92 Å². The quantitative estimate of drug-likeness (QED) is 0.867. The highest BCUT2D eigenvalue weighted by Crippen LogP contribution is 2.32. The monoisotopic (exact) mass is 270 g/mol. The second-order valence-electron chi connectivity index (χ2n) is 4.80. The van der Waals surface area contributed by atoms with Gasteiger partial charge in [0.15, 0.2) is 6.10 Å². The third-order valence-electron chi connectivity index (χ3n) is 3.13. The van der Waals surface area contributed by atoms with Crippen LogP contribution >= 0.6 is 0 Å². The number of carbonyl (C=O) groups is 1. The van der Waals surface area contributed by atoms with Gasteiger partial charge in [0.25, 0.3) is 0 Å². The molecule has 2 atom stereocenters. The molecule has 1 N–H and O–H groups in total. The SMILES string of the molecule is CC(=O)OC(c1ccc(C)cc1)C(O)c1ccccc1. The van der Waals surface area contributed by atoms with Crippen molar-refractivity contribution in [2.24, 2.45) is 0 Å². The molecule has 0 bridgehead atoms. The van der Waals surface area contributed by atoms with Gasteiger partial charge in [-0.3, -0.25) is 4.79 Å². The molecule has 0 aliphatic heterocycles. The molecule has 0 radical (unpaired) electrons. The first kappa shape index (κ1) is 14.3. The maximum atomic E-state index is 11.3. The average Bonchev–Trinajstić information content (AvgIpc) is 2.46. The van der Waals surface area contributed by atoms with Gasteiger partial charge in [0.2, 0.25) is 0 Å². The summed E-state index contributed by atoms with van der Waals surface area (Å²) in [4.78, 5) is 11.3. The van der Waals surface area contributed by atoms with Crippen molar-refractivity contribution in [3.8, 4) is 0 Å². The molecule has 3 heteroatoms. The number of esters is 1. The molecule has 2 aromatic rings. The summed E-state index contributed by atoms with van der Waals surface area (Å²) in [7, 11) is 0. The highest BCUT2D eigenvalue weighted by molar-refractivity contribution is 5.66. The van der Waals surface area contributed by atoms with Crippen LogP contribution in [0.1, 0.15) is 35.8 Å². The number of rotatable bonds is 4. The van der Waals surface area contributed by atoms with Gasteiger partial charge < -0.3 is 9.84 Å². The van der Waals surface area contributed by atoms with Crippen molar-refractivity contribution in [3.63, 3.8) is 0 Å². The summed E-state index contributed by atoms with van der Waals surface area (Å²) in [6.07, 6.45) is -1.58. The number of ether oxygens (including phenoxy) is 1. The molecule has 0 saturated carbocycles. The van der Waals surface area contributed by atoms with Crippen molar-refractivity contribution >= 4 is 5.97 Å². The van der Waals surface area contributed by atoms with Gasteiger partial charge >= 0.3 is 5.97 Å². The summed E-state index contributed by atoms with van der Waals surface area (Å²) in [6.45, 7) is 3.33. The highest BCUT2D eigenvalue weighted by Gasteiger charge is 2.25. The van der Waals surface area contributed by atoms with E-state index >= 15 is 0 Å². The number of hydrogen-bond acceptors (Lipinski definition) is 3. The molecular weight excluding hydrogens is 252 g/mol. The highest BCUT2D eigenvalue weighted by atomic mass is 16.6. The Morgan fingerprint density at radius 1 is 1.00 bits per heavy atom. The summed E-state index contributed by atoms with van der Waals surface area (Å²) in [6, 6.07) is 16.8. The maximum absolute atomic E-state index is 11.3. The first-order valence-electron chi connectivity index (χ1n) is 6.54. The van der Waals surface area contributed by atoms with Crippen LogP contribution in [0.5, 0.6) is 0 Å². The fraction of sp³-hybridized carbons (Fsp3) is 0.235. The lowest BCUT2D eigenvalue weighted by atomic mass is 9.97. The Balaban J connectivity index is 2.32. The summed E-state index contributed by atoms with van der Waals surface area (Å²) < 4.78 is 5.30. The number of hydrogen-bond donors (Lipinski definition) is 1. The first-order valence-corrected chi connectivity index (χ1v) is 6.54. The summed E-state index contributed by atoms with van der Waals surface area (Å²) >= 11 is 0. The minimum atomic E-state index is -0.886. The molecule has 0 aliphatic rings. The predicted molar refractivity (Wildman–Crippen MR) is 77.1 cm³/mol. The Bertz CT molecular complexity index is 561. The average molecular weight is 270 g/mol. The van der Waals surface area contributed by atoms with Gasteiger partial charge in [0.1, 0.15) is 6.10 Å². The fourth-order valence-corrected chi connectivity index (χ4v) is 2.07. The maximum Gasteiger partial charge on any atom is 0.303 e. The molecule has 2 unspecified atom stereocenters. The Morgan fingerprint density at radius 2 is 1.60 bits per heavy atom. The van der Waals surface area contributed by atoms with Crippen LogP contribution in [-0.2, 0) is 9.53 Å². The van der Waals surface area contributed by atoms with Crippen LogP contribution in [0.15, 0.2) is 54.6 Å². The standard InChI is InChI=1S/C17H18O3/c1-12-8-10-15(11-9-12)17(20-13(2)18)16(19)14-6-4-3-5-7-14/h3-11,16-17,19H,1-2H3. The van der Waals surface area contributed by atoms with Gasteiger partial charge in [-0.25, -0.2) is 0 Å². The summed E-state index contributed by atoms with van der Waals surface area (Å²) in [5.74, 6) is -0.412. The molecule has 2 aromatic carbocycles. The number of aliphatic hydroxyl groups excluding tert-OH is 1. The van der Waals surface area contributed by atoms with Gasteiger partial charge in [0.05, 0.1) is 0 Å². The molecular formula is C17H18O3. The minimum Gasteiger partial charge on any atom is -0.455 e. The molecule has 0 fully saturated rings. The zero-order chi connectivity index (χ0) is 14.5. The van der Waals surface area contributed by atoms with Crippen molar-refractivity contribution < 1.29 is 14.6 Å². The van der Waals surface area contributed by atoms with Gasteiger partial charge in [-0.15, -0.1) is 0 Å². The predicted octanol–water partition coefficient (Wildman–Crippen LogP) is 3.33. The number of aryl methyl sites for hydroxylation is 1.